The van der Waals surface area contributed by atoms with Gasteiger partial charge in [-0.25, -0.2) is 17.5 Å². The van der Waals surface area contributed by atoms with Crippen LogP contribution in [0.15, 0.2) is 71.6 Å². The van der Waals surface area contributed by atoms with Gasteiger partial charge in [-0.2, -0.15) is 9.78 Å². The van der Waals surface area contributed by atoms with Crippen LogP contribution in [0.1, 0.15) is 35.5 Å². The average Bonchev–Trinajstić information content (AvgIpc) is 3.19. The van der Waals surface area contributed by atoms with E-state index >= 15 is 0 Å². The molecule has 1 aromatic heterocycles. The zero-order chi connectivity index (χ0) is 29.2. The number of carbonyl (C=O) groups is 1. The minimum absolute atomic E-state index is 0.0348. The topological polar surface area (TPSA) is 145 Å². The van der Waals surface area contributed by atoms with Gasteiger partial charge in [0.2, 0.25) is 15.9 Å². The molecule has 0 atom stereocenters. The van der Waals surface area contributed by atoms with Gasteiger partial charge in [0.05, 0.1) is 10.6 Å². The number of carbonyl (C=O) groups excluding carboxylic acids is 1. The number of halogens is 1. The summed E-state index contributed by atoms with van der Waals surface area (Å²) in [5, 5.41) is 18.6. The maximum Gasteiger partial charge on any atom is 0.276 e. The summed E-state index contributed by atoms with van der Waals surface area (Å²) in [6.07, 6.45) is 0. The predicted octanol–water partition coefficient (Wildman–Crippen LogP) is 5.27. The van der Waals surface area contributed by atoms with Gasteiger partial charge in [0.1, 0.15) is 16.5 Å². The van der Waals surface area contributed by atoms with E-state index in [-0.39, 0.29) is 22.9 Å². The number of aryl methyl sites for hydroxylation is 1. The minimum Gasteiger partial charge on any atom is -0.437 e. The van der Waals surface area contributed by atoms with Crippen molar-refractivity contribution >= 4 is 27.3 Å². The highest BCUT2D eigenvalue weighted by molar-refractivity contribution is 7.89. The molecule has 0 aliphatic rings. The molecule has 0 spiro atoms. The summed E-state index contributed by atoms with van der Waals surface area (Å²) < 4.78 is 49.6. The van der Waals surface area contributed by atoms with Crippen LogP contribution in [-0.4, -0.2) is 35.1 Å². The molecule has 0 unspecified atom stereocenters. The van der Waals surface area contributed by atoms with E-state index in [1.165, 1.54) is 28.9 Å². The van der Waals surface area contributed by atoms with Gasteiger partial charge in [0.25, 0.3) is 11.6 Å². The Hall–Kier alpha value is -4.62. The molecule has 40 heavy (non-hydrogen) atoms. The first-order chi connectivity index (χ1) is 18.9. The number of nitro groups is 1. The second kappa shape index (κ2) is 11.2. The van der Waals surface area contributed by atoms with E-state index in [0.29, 0.717) is 11.4 Å². The van der Waals surface area contributed by atoms with Crippen LogP contribution in [0.5, 0.6) is 11.6 Å². The van der Waals surface area contributed by atoms with Gasteiger partial charge in [0.15, 0.2) is 5.69 Å². The van der Waals surface area contributed by atoms with Crippen LogP contribution in [-0.2, 0) is 10.0 Å². The van der Waals surface area contributed by atoms with E-state index in [1.54, 1.807) is 39.0 Å². The van der Waals surface area contributed by atoms with Crippen molar-refractivity contribution in [3.8, 4) is 17.3 Å². The van der Waals surface area contributed by atoms with Gasteiger partial charge >= 0.3 is 0 Å². The number of anilines is 1. The fraction of sp³-hybridized carbons (Fsp3) is 0.185. The molecule has 0 saturated carbocycles. The Morgan fingerprint density at radius 1 is 1.07 bits per heavy atom. The number of nitrogens with zero attached hydrogens (tertiary/aromatic N) is 3. The van der Waals surface area contributed by atoms with Gasteiger partial charge in [-0.3, -0.25) is 14.9 Å². The van der Waals surface area contributed by atoms with E-state index < -0.39 is 43.3 Å². The number of ether oxygens (including phenoxy) is 1. The lowest BCUT2D eigenvalue weighted by Crippen LogP contribution is -2.30. The van der Waals surface area contributed by atoms with Crippen LogP contribution in [0, 0.1) is 29.8 Å². The summed E-state index contributed by atoms with van der Waals surface area (Å²) in [6.45, 7) is 6.63. The Balaban J connectivity index is 1.85. The molecule has 11 nitrogen and oxygen atoms in total. The molecule has 0 aliphatic carbocycles. The number of rotatable bonds is 9. The number of benzene rings is 3. The molecule has 0 radical (unpaired) electrons. The summed E-state index contributed by atoms with van der Waals surface area (Å²) in [5.74, 6) is -1.35. The first-order valence-corrected chi connectivity index (χ1v) is 13.6. The van der Waals surface area contributed by atoms with Crippen LogP contribution in [0.4, 0.5) is 15.8 Å². The maximum atomic E-state index is 13.7. The summed E-state index contributed by atoms with van der Waals surface area (Å²) in [7, 11) is -4.25. The first-order valence-electron chi connectivity index (χ1n) is 12.1. The third kappa shape index (κ3) is 6.16. The third-order valence-corrected chi connectivity index (χ3v) is 7.34. The fourth-order valence-electron chi connectivity index (χ4n) is 3.87. The Labute approximate surface area is 229 Å². The Kier molecular flexibility index (Phi) is 7.98. The molecule has 0 bridgehead atoms. The van der Waals surface area contributed by atoms with Gasteiger partial charge in [0, 0.05) is 29.4 Å². The molecule has 208 valence electrons. The molecule has 4 rings (SSSR count). The monoisotopic (exact) mass is 567 g/mol. The molecule has 0 saturated heterocycles. The van der Waals surface area contributed by atoms with Crippen molar-refractivity contribution in [1.29, 1.82) is 0 Å². The molecule has 2 N–H and O–H groups in total. The second-order valence-corrected chi connectivity index (χ2v) is 10.9. The van der Waals surface area contributed by atoms with Crippen molar-refractivity contribution < 1.29 is 27.3 Å². The lowest BCUT2D eigenvalue weighted by Gasteiger charge is -2.15. The van der Waals surface area contributed by atoms with E-state index in [9.17, 15) is 27.7 Å². The zero-order valence-corrected chi connectivity index (χ0v) is 22.8. The molecule has 1 amide bonds. The van der Waals surface area contributed by atoms with Crippen molar-refractivity contribution in [2.75, 3.05) is 5.32 Å². The molecular weight excluding hydrogens is 541 g/mol. The van der Waals surface area contributed by atoms with Crippen LogP contribution >= 0.6 is 0 Å². The molecule has 13 heteroatoms. The number of nitro benzene ring substituents is 1. The van der Waals surface area contributed by atoms with E-state index in [2.05, 4.69) is 15.1 Å². The summed E-state index contributed by atoms with van der Waals surface area (Å²) in [6, 6.07) is 15.0. The standard InChI is InChI=1S/C27H26FN5O6S/c1-16(2)31-40(37,38)24-15-22(33(35)36)12-13-23(24)39-27-18(4)25(26(34)29-20-7-5-6-17(3)14-20)30-32(27)21-10-8-19(28)9-11-21/h5-16,31H,1-4H3,(H,29,34). The highest BCUT2D eigenvalue weighted by Crippen LogP contribution is 2.36. The van der Waals surface area contributed by atoms with Crippen molar-refractivity contribution in [3.05, 3.63) is 99.5 Å². The molecule has 0 fully saturated rings. The largest absolute Gasteiger partial charge is 0.437 e. The van der Waals surface area contributed by atoms with E-state index in [1.807, 2.05) is 13.0 Å². The van der Waals surface area contributed by atoms with Crippen molar-refractivity contribution in [2.24, 2.45) is 0 Å². The number of hydrogen-bond donors (Lipinski definition) is 2. The van der Waals surface area contributed by atoms with Crippen molar-refractivity contribution in [2.45, 2.75) is 38.6 Å². The second-order valence-electron chi connectivity index (χ2n) is 9.26. The van der Waals surface area contributed by atoms with Gasteiger partial charge in [-0.05, 0) is 75.7 Å². The number of sulfonamides is 1. The van der Waals surface area contributed by atoms with Crippen LogP contribution in [0.3, 0.4) is 0 Å². The predicted molar refractivity (Wildman–Crippen MR) is 146 cm³/mol. The Bertz CT molecular complexity index is 1700. The van der Waals surface area contributed by atoms with Crippen LogP contribution in [0.25, 0.3) is 5.69 Å². The molecule has 0 aliphatic heterocycles. The zero-order valence-electron chi connectivity index (χ0n) is 22.0. The highest BCUT2D eigenvalue weighted by Gasteiger charge is 2.28. The lowest BCUT2D eigenvalue weighted by atomic mass is 10.2. The highest BCUT2D eigenvalue weighted by atomic mass is 32.2. The van der Waals surface area contributed by atoms with Crippen molar-refractivity contribution in [1.82, 2.24) is 14.5 Å². The summed E-state index contributed by atoms with van der Waals surface area (Å²) in [4.78, 5) is 23.4. The molecule has 3 aromatic carbocycles. The molecular formula is C27H26FN5O6S. The average molecular weight is 568 g/mol. The number of aromatic nitrogens is 2. The molecule has 4 aromatic rings. The van der Waals surface area contributed by atoms with E-state index in [4.69, 9.17) is 4.74 Å². The number of nitrogens with one attached hydrogen (secondary N) is 2. The van der Waals surface area contributed by atoms with Gasteiger partial charge in [-0.15, -0.1) is 0 Å². The van der Waals surface area contributed by atoms with Gasteiger partial charge < -0.3 is 10.1 Å². The third-order valence-electron chi connectivity index (χ3n) is 5.66. The van der Waals surface area contributed by atoms with Crippen LogP contribution < -0.4 is 14.8 Å². The Morgan fingerprint density at radius 3 is 2.40 bits per heavy atom. The summed E-state index contributed by atoms with van der Waals surface area (Å²) >= 11 is 0. The lowest BCUT2D eigenvalue weighted by molar-refractivity contribution is -0.385. The fourth-order valence-corrected chi connectivity index (χ4v) is 5.27. The minimum atomic E-state index is -4.25. The quantitative estimate of drug-likeness (QED) is 0.207. The normalized spacial score (nSPS) is 11.4. The number of non-ortho nitro benzene ring substituents is 1. The molecule has 1 heterocycles. The first kappa shape index (κ1) is 28.4. The van der Waals surface area contributed by atoms with E-state index in [0.717, 1.165) is 23.8 Å². The Morgan fingerprint density at radius 2 is 1.77 bits per heavy atom. The number of hydrogen-bond acceptors (Lipinski definition) is 7. The SMILES string of the molecule is Cc1cccc(NC(=O)c2nn(-c3ccc(F)cc3)c(Oc3ccc([N+](=O)[O-])cc3S(=O)(=O)NC(C)C)c2C)c1. The van der Waals surface area contributed by atoms with Crippen molar-refractivity contribution in [3.63, 3.8) is 0 Å². The smallest absolute Gasteiger partial charge is 0.276 e. The maximum absolute atomic E-state index is 13.7. The van der Waals surface area contributed by atoms with Crippen LogP contribution in [0.2, 0.25) is 0 Å². The van der Waals surface area contributed by atoms with Gasteiger partial charge in [-0.1, -0.05) is 12.1 Å². The summed E-state index contributed by atoms with van der Waals surface area (Å²) in [5.41, 5.74) is 1.53. The number of amides is 1.